The minimum atomic E-state index is -0.977. The molecule has 0 heterocycles. The van der Waals surface area contributed by atoms with E-state index in [1.54, 1.807) is 30.3 Å². The van der Waals surface area contributed by atoms with Gasteiger partial charge in [-0.3, -0.25) is 4.79 Å². The number of carbonyl (C=O) groups is 2. The fourth-order valence-electron chi connectivity index (χ4n) is 2.38. The van der Waals surface area contributed by atoms with Crippen molar-refractivity contribution in [3.05, 3.63) is 65.5 Å². The van der Waals surface area contributed by atoms with Gasteiger partial charge in [0, 0.05) is 6.42 Å². The topological polar surface area (TPSA) is 75.6 Å². The molecule has 0 aliphatic rings. The highest BCUT2D eigenvalue weighted by Gasteiger charge is 2.13. The maximum Gasteiger partial charge on any atom is 0.335 e. The maximum absolute atomic E-state index is 13.6. The highest BCUT2D eigenvalue weighted by atomic mass is 19.1. The molecule has 2 aromatic rings. The zero-order chi connectivity index (χ0) is 18.9. The first kappa shape index (κ1) is 19.4. The Bertz CT molecular complexity index is 746. The van der Waals surface area contributed by atoms with Crippen LogP contribution >= 0.6 is 0 Å². The van der Waals surface area contributed by atoms with Crippen LogP contribution in [-0.2, 0) is 11.2 Å². The van der Waals surface area contributed by atoms with Gasteiger partial charge in [0.2, 0.25) is 5.91 Å². The predicted octanol–water partition coefficient (Wildman–Crippen LogP) is 3.43. The maximum atomic E-state index is 13.6. The van der Waals surface area contributed by atoms with E-state index >= 15 is 0 Å². The van der Waals surface area contributed by atoms with Gasteiger partial charge in [0.25, 0.3) is 0 Å². The molecular weight excluding hydrogens is 337 g/mol. The van der Waals surface area contributed by atoms with E-state index in [0.29, 0.717) is 19.4 Å². The molecule has 0 spiro atoms. The number of rotatable bonds is 9. The molecule has 0 bridgehead atoms. The molecule has 6 heteroatoms. The normalized spacial score (nSPS) is 11.6. The van der Waals surface area contributed by atoms with Gasteiger partial charge in [-0.05, 0) is 42.7 Å². The second kappa shape index (κ2) is 9.56. The van der Waals surface area contributed by atoms with Crippen molar-refractivity contribution < 1.29 is 23.8 Å². The van der Waals surface area contributed by atoms with Crippen LogP contribution in [0.5, 0.6) is 5.75 Å². The second-order valence-electron chi connectivity index (χ2n) is 5.88. The smallest absolute Gasteiger partial charge is 0.335 e. The van der Waals surface area contributed by atoms with Crippen LogP contribution in [0, 0.1) is 5.82 Å². The zero-order valence-corrected chi connectivity index (χ0v) is 14.6. The van der Waals surface area contributed by atoms with Gasteiger partial charge in [0.15, 0.2) is 11.6 Å². The standard InChI is InChI=1S/C20H22FNO4/c1-2-16(26-18-6-4-3-5-17(18)21)13-22-19(23)12-9-14-7-10-15(11-8-14)20(24)25/h3-8,10-11,16H,2,9,12-13H2,1H3,(H,22,23)(H,24,25). The number of ether oxygens (including phenoxy) is 1. The number of halogens is 1. The largest absolute Gasteiger partial charge is 0.486 e. The lowest BCUT2D eigenvalue weighted by Gasteiger charge is -2.18. The van der Waals surface area contributed by atoms with Crippen molar-refractivity contribution in [1.29, 1.82) is 0 Å². The summed E-state index contributed by atoms with van der Waals surface area (Å²) in [4.78, 5) is 22.8. The van der Waals surface area contributed by atoms with Crippen LogP contribution < -0.4 is 10.1 Å². The predicted molar refractivity (Wildman–Crippen MR) is 95.8 cm³/mol. The first-order valence-corrected chi connectivity index (χ1v) is 8.49. The van der Waals surface area contributed by atoms with Gasteiger partial charge in [-0.15, -0.1) is 0 Å². The van der Waals surface area contributed by atoms with E-state index in [0.717, 1.165) is 5.56 Å². The van der Waals surface area contributed by atoms with Crippen molar-refractivity contribution in [3.63, 3.8) is 0 Å². The van der Waals surface area contributed by atoms with Crippen molar-refractivity contribution in [2.75, 3.05) is 6.54 Å². The van der Waals surface area contributed by atoms with E-state index in [2.05, 4.69) is 5.32 Å². The number of amides is 1. The van der Waals surface area contributed by atoms with E-state index in [9.17, 15) is 14.0 Å². The third-order valence-electron chi connectivity index (χ3n) is 3.95. The summed E-state index contributed by atoms with van der Waals surface area (Å²) in [7, 11) is 0. The van der Waals surface area contributed by atoms with Crippen LogP contribution in [0.25, 0.3) is 0 Å². The second-order valence-corrected chi connectivity index (χ2v) is 5.88. The Labute approximate surface area is 151 Å². The van der Waals surface area contributed by atoms with Gasteiger partial charge in [-0.25, -0.2) is 9.18 Å². The van der Waals surface area contributed by atoms with E-state index in [1.807, 2.05) is 6.92 Å². The number of carboxylic acids is 1. The summed E-state index contributed by atoms with van der Waals surface area (Å²) in [5.74, 6) is -1.37. The number of para-hydroxylation sites is 1. The summed E-state index contributed by atoms with van der Waals surface area (Å²) in [6, 6.07) is 12.6. The lowest BCUT2D eigenvalue weighted by Crippen LogP contribution is -2.35. The van der Waals surface area contributed by atoms with E-state index in [4.69, 9.17) is 9.84 Å². The fourth-order valence-corrected chi connectivity index (χ4v) is 2.38. The molecule has 0 radical (unpaired) electrons. The Morgan fingerprint density at radius 1 is 1.15 bits per heavy atom. The monoisotopic (exact) mass is 359 g/mol. The molecule has 0 aliphatic carbocycles. The van der Waals surface area contributed by atoms with Gasteiger partial charge < -0.3 is 15.2 Å². The summed E-state index contributed by atoms with van der Waals surface area (Å²) in [5.41, 5.74) is 1.11. The highest BCUT2D eigenvalue weighted by molar-refractivity contribution is 5.87. The summed E-state index contributed by atoms with van der Waals surface area (Å²) in [6.07, 6.45) is 1.11. The molecule has 0 aromatic heterocycles. The van der Waals surface area contributed by atoms with Crippen molar-refractivity contribution >= 4 is 11.9 Å². The number of aromatic carboxylic acids is 1. The Kier molecular flexibility index (Phi) is 7.14. The van der Waals surface area contributed by atoms with Crippen molar-refractivity contribution in [3.8, 4) is 5.75 Å². The van der Waals surface area contributed by atoms with Crippen LogP contribution in [0.3, 0.4) is 0 Å². The van der Waals surface area contributed by atoms with Crippen molar-refractivity contribution in [2.45, 2.75) is 32.3 Å². The number of carboxylic acid groups (broad SMARTS) is 1. The molecular formula is C20H22FNO4. The molecule has 0 saturated carbocycles. The molecule has 2 N–H and O–H groups in total. The number of hydrogen-bond acceptors (Lipinski definition) is 3. The van der Waals surface area contributed by atoms with E-state index in [-0.39, 0.29) is 29.7 Å². The Balaban J connectivity index is 1.78. The molecule has 0 fully saturated rings. The first-order valence-electron chi connectivity index (χ1n) is 8.49. The highest BCUT2D eigenvalue weighted by Crippen LogP contribution is 2.17. The van der Waals surface area contributed by atoms with Gasteiger partial charge >= 0.3 is 5.97 Å². The minimum Gasteiger partial charge on any atom is -0.486 e. The molecule has 5 nitrogen and oxygen atoms in total. The van der Waals surface area contributed by atoms with Crippen LogP contribution in [0.4, 0.5) is 4.39 Å². The third-order valence-corrected chi connectivity index (χ3v) is 3.95. The summed E-state index contributed by atoms with van der Waals surface area (Å²) in [5, 5.41) is 11.7. The molecule has 0 aliphatic heterocycles. The molecule has 1 amide bonds. The Morgan fingerprint density at radius 2 is 1.85 bits per heavy atom. The Morgan fingerprint density at radius 3 is 2.46 bits per heavy atom. The minimum absolute atomic E-state index is 0.136. The van der Waals surface area contributed by atoms with Gasteiger partial charge in [0.1, 0.15) is 6.10 Å². The molecule has 1 atom stereocenters. The molecule has 2 aromatic carbocycles. The third kappa shape index (κ3) is 5.88. The van der Waals surface area contributed by atoms with Crippen LogP contribution in [0.15, 0.2) is 48.5 Å². The van der Waals surface area contributed by atoms with E-state index in [1.165, 1.54) is 18.2 Å². The molecule has 1 unspecified atom stereocenters. The number of hydrogen-bond donors (Lipinski definition) is 2. The average Bonchev–Trinajstić information content (AvgIpc) is 2.65. The van der Waals surface area contributed by atoms with Crippen LogP contribution in [0.2, 0.25) is 0 Å². The zero-order valence-electron chi connectivity index (χ0n) is 14.6. The Hall–Kier alpha value is -2.89. The number of aryl methyl sites for hydroxylation is 1. The average molecular weight is 359 g/mol. The molecule has 26 heavy (non-hydrogen) atoms. The van der Waals surface area contributed by atoms with Crippen LogP contribution in [-0.4, -0.2) is 29.6 Å². The summed E-state index contributed by atoms with van der Waals surface area (Å²) < 4.78 is 19.2. The SMILES string of the molecule is CCC(CNC(=O)CCc1ccc(C(=O)O)cc1)Oc1ccccc1F. The van der Waals surface area contributed by atoms with Crippen molar-refractivity contribution in [2.24, 2.45) is 0 Å². The number of carbonyl (C=O) groups excluding carboxylic acids is 1. The first-order chi connectivity index (χ1) is 12.5. The molecule has 0 saturated heterocycles. The molecule has 138 valence electrons. The lowest BCUT2D eigenvalue weighted by atomic mass is 10.1. The van der Waals surface area contributed by atoms with Crippen molar-refractivity contribution in [1.82, 2.24) is 5.32 Å². The van der Waals surface area contributed by atoms with Gasteiger partial charge in [-0.2, -0.15) is 0 Å². The van der Waals surface area contributed by atoms with E-state index < -0.39 is 11.8 Å². The molecule has 2 rings (SSSR count). The quantitative estimate of drug-likeness (QED) is 0.719. The van der Waals surface area contributed by atoms with Gasteiger partial charge in [0.05, 0.1) is 12.1 Å². The van der Waals surface area contributed by atoms with Gasteiger partial charge in [-0.1, -0.05) is 31.2 Å². The lowest BCUT2D eigenvalue weighted by molar-refractivity contribution is -0.121. The summed E-state index contributed by atoms with van der Waals surface area (Å²) in [6.45, 7) is 2.20. The summed E-state index contributed by atoms with van der Waals surface area (Å²) >= 11 is 0. The fraction of sp³-hybridized carbons (Fsp3) is 0.300. The van der Waals surface area contributed by atoms with Crippen LogP contribution in [0.1, 0.15) is 35.7 Å². The number of nitrogens with one attached hydrogen (secondary N) is 1. The number of benzene rings is 2.